The van der Waals surface area contributed by atoms with Gasteiger partial charge in [0.05, 0.1) is 17.4 Å². The first-order valence-electron chi connectivity index (χ1n) is 8.70. The van der Waals surface area contributed by atoms with Crippen LogP contribution >= 0.6 is 0 Å². The Labute approximate surface area is 148 Å². The van der Waals surface area contributed by atoms with Crippen molar-refractivity contribution in [1.29, 1.82) is 0 Å². The van der Waals surface area contributed by atoms with Crippen LogP contribution in [-0.4, -0.2) is 53.1 Å². The molecule has 132 valence electrons. The van der Waals surface area contributed by atoms with Gasteiger partial charge in [-0.25, -0.2) is 9.97 Å². The minimum atomic E-state index is -0.0694. The van der Waals surface area contributed by atoms with Gasteiger partial charge in [0.1, 0.15) is 0 Å². The lowest BCUT2D eigenvalue weighted by Gasteiger charge is -2.35. The van der Waals surface area contributed by atoms with Crippen molar-refractivity contribution in [2.24, 2.45) is 0 Å². The summed E-state index contributed by atoms with van der Waals surface area (Å²) in [4.78, 5) is 29.6. The second kappa shape index (κ2) is 7.92. The predicted molar refractivity (Wildman–Crippen MR) is 97.9 cm³/mol. The monoisotopic (exact) mass is 340 g/mol. The molecule has 1 unspecified atom stereocenters. The summed E-state index contributed by atoms with van der Waals surface area (Å²) in [7, 11) is 0. The summed E-state index contributed by atoms with van der Waals surface area (Å²) in [6.07, 6.45) is 7.86. The van der Waals surface area contributed by atoms with Crippen molar-refractivity contribution in [3.63, 3.8) is 0 Å². The van der Waals surface area contributed by atoms with Crippen molar-refractivity contribution >= 4 is 17.5 Å². The molecular weight excluding hydrogens is 316 g/mol. The second-order valence-corrected chi connectivity index (χ2v) is 6.24. The molecule has 3 heterocycles. The molecule has 25 heavy (non-hydrogen) atoms. The van der Waals surface area contributed by atoms with E-state index >= 15 is 0 Å². The van der Waals surface area contributed by atoms with E-state index in [0.29, 0.717) is 5.56 Å². The van der Waals surface area contributed by atoms with E-state index in [1.807, 2.05) is 25.3 Å². The second-order valence-electron chi connectivity index (χ2n) is 6.24. The summed E-state index contributed by atoms with van der Waals surface area (Å²) < 4.78 is 0. The molecule has 1 saturated heterocycles. The quantitative estimate of drug-likeness (QED) is 0.893. The van der Waals surface area contributed by atoms with Crippen molar-refractivity contribution in [2.45, 2.75) is 26.3 Å². The molecule has 0 spiro atoms. The molecule has 1 amide bonds. The van der Waals surface area contributed by atoms with Gasteiger partial charge in [0, 0.05) is 50.8 Å². The molecule has 0 bridgehead atoms. The van der Waals surface area contributed by atoms with Crippen LogP contribution in [0, 0.1) is 0 Å². The Balaban J connectivity index is 1.64. The van der Waals surface area contributed by atoms with E-state index in [1.165, 1.54) is 0 Å². The fourth-order valence-corrected chi connectivity index (χ4v) is 2.75. The molecule has 1 aliphatic heterocycles. The molecule has 1 fully saturated rings. The molecule has 1 aliphatic rings. The number of anilines is 2. The molecule has 1 atom stereocenters. The average molecular weight is 340 g/mol. The van der Waals surface area contributed by atoms with Gasteiger partial charge in [-0.05, 0) is 25.5 Å². The van der Waals surface area contributed by atoms with Gasteiger partial charge in [-0.15, -0.1) is 0 Å². The van der Waals surface area contributed by atoms with Gasteiger partial charge in [0.15, 0.2) is 0 Å². The van der Waals surface area contributed by atoms with Gasteiger partial charge in [0.2, 0.25) is 5.95 Å². The van der Waals surface area contributed by atoms with Crippen LogP contribution in [0.15, 0.2) is 36.9 Å². The Kier molecular flexibility index (Phi) is 5.42. The number of piperazine rings is 1. The number of hydrogen-bond acceptors (Lipinski definition) is 6. The SMILES string of the molecule is CCC(C)NC(=O)c1cncc(N2CCN(c3ncccn3)CC2)c1. The highest BCUT2D eigenvalue weighted by atomic mass is 16.1. The molecule has 0 saturated carbocycles. The van der Waals surface area contributed by atoms with Gasteiger partial charge in [0.25, 0.3) is 5.91 Å². The molecule has 2 aromatic heterocycles. The van der Waals surface area contributed by atoms with Crippen molar-refractivity contribution in [2.75, 3.05) is 36.0 Å². The number of nitrogens with one attached hydrogen (secondary N) is 1. The highest BCUT2D eigenvalue weighted by Gasteiger charge is 2.20. The maximum Gasteiger partial charge on any atom is 0.253 e. The summed E-state index contributed by atoms with van der Waals surface area (Å²) in [6, 6.07) is 3.89. The summed E-state index contributed by atoms with van der Waals surface area (Å²) in [5.41, 5.74) is 1.58. The minimum Gasteiger partial charge on any atom is -0.367 e. The zero-order valence-electron chi connectivity index (χ0n) is 14.7. The summed E-state index contributed by atoms with van der Waals surface area (Å²) in [5, 5.41) is 2.98. The van der Waals surface area contributed by atoms with Gasteiger partial charge in [-0.2, -0.15) is 0 Å². The molecule has 0 aromatic carbocycles. The fraction of sp³-hybridized carbons (Fsp3) is 0.444. The number of pyridine rings is 1. The third kappa shape index (κ3) is 4.23. The first-order chi connectivity index (χ1) is 12.2. The van der Waals surface area contributed by atoms with Crippen molar-refractivity contribution in [1.82, 2.24) is 20.3 Å². The van der Waals surface area contributed by atoms with E-state index in [4.69, 9.17) is 0 Å². The van der Waals surface area contributed by atoms with Crippen molar-refractivity contribution in [3.8, 4) is 0 Å². The van der Waals surface area contributed by atoms with Crippen LogP contribution in [0.25, 0.3) is 0 Å². The predicted octanol–water partition coefficient (Wildman–Crippen LogP) is 1.73. The third-order valence-corrected chi connectivity index (χ3v) is 4.46. The number of carbonyl (C=O) groups is 1. The topological polar surface area (TPSA) is 74.2 Å². The van der Waals surface area contributed by atoms with Gasteiger partial charge < -0.3 is 15.1 Å². The number of hydrogen-bond donors (Lipinski definition) is 1. The maximum atomic E-state index is 12.3. The highest BCUT2D eigenvalue weighted by Crippen LogP contribution is 2.18. The fourth-order valence-electron chi connectivity index (χ4n) is 2.75. The van der Waals surface area contributed by atoms with Crippen molar-refractivity contribution in [3.05, 3.63) is 42.5 Å². The Bertz CT molecular complexity index is 700. The Morgan fingerprint density at radius 3 is 2.52 bits per heavy atom. The molecule has 1 N–H and O–H groups in total. The Morgan fingerprint density at radius 1 is 1.16 bits per heavy atom. The number of carbonyl (C=O) groups excluding carboxylic acids is 1. The zero-order valence-corrected chi connectivity index (χ0v) is 14.7. The largest absolute Gasteiger partial charge is 0.367 e. The van der Waals surface area contributed by atoms with Crippen LogP contribution in [0.4, 0.5) is 11.6 Å². The van der Waals surface area contributed by atoms with Crippen LogP contribution in [0.5, 0.6) is 0 Å². The zero-order chi connectivity index (χ0) is 17.6. The summed E-state index contributed by atoms with van der Waals surface area (Å²) in [5.74, 6) is 0.696. The first kappa shape index (κ1) is 17.1. The van der Waals surface area contributed by atoms with Crippen LogP contribution in [0.3, 0.4) is 0 Å². The molecule has 0 radical (unpaired) electrons. The number of rotatable bonds is 5. The van der Waals surface area contributed by atoms with E-state index in [9.17, 15) is 4.79 Å². The lowest BCUT2D eigenvalue weighted by atomic mass is 10.2. The molecule has 7 nitrogen and oxygen atoms in total. The number of nitrogens with zero attached hydrogens (tertiary/aromatic N) is 5. The minimum absolute atomic E-state index is 0.0694. The lowest BCUT2D eigenvalue weighted by Crippen LogP contribution is -2.47. The average Bonchev–Trinajstić information content (AvgIpc) is 2.68. The van der Waals surface area contributed by atoms with E-state index in [0.717, 1.165) is 44.2 Å². The van der Waals surface area contributed by atoms with Gasteiger partial charge >= 0.3 is 0 Å². The van der Waals surface area contributed by atoms with Crippen molar-refractivity contribution < 1.29 is 4.79 Å². The molecular formula is C18H24N6O. The van der Waals surface area contributed by atoms with Crippen LogP contribution in [0.1, 0.15) is 30.6 Å². The molecule has 7 heteroatoms. The number of aromatic nitrogens is 3. The molecule has 0 aliphatic carbocycles. The Morgan fingerprint density at radius 2 is 1.84 bits per heavy atom. The normalized spacial score (nSPS) is 15.8. The van der Waals surface area contributed by atoms with E-state index in [2.05, 4.69) is 37.0 Å². The highest BCUT2D eigenvalue weighted by molar-refractivity contribution is 5.94. The lowest BCUT2D eigenvalue weighted by molar-refractivity contribution is 0.0939. The van der Waals surface area contributed by atoms with E-state index in [-0.39, 0.29) is 11.9 Å². The van der Waals surface area contributed by atoms with Crippen LogP contribution in [0.2, 0.25) is 0 Å². The van der Waals surface area contributed by atoms with E-state index < -0.39 is 0 Å². The Hall–Kier alpha value is -2.70. The van der Waals surface area contributed by atoms with Crippen LogP contribution < -0.4 is 15.1 Å². The van der Waals surface area contributed by atoms with Gasteiger partial charge in [-0.3, -0.25) is 9.78 Å². The molecule has 2 aromatic rings. The van der Waals surface area contributed by atoms with Crippen LogP contribution in [-0.2, 0) is 0 Å². The molecule has 3 rings (SSSR count). The summed E-state index contributed by atoms with van der Waals surface area (Å²) >= 11 is 0. The smallest absolute Gasteiger partial charge is 0.253 e. The standard InChI is InChI=1S/C18H24N6O/c1-3-14(2)22-17(25)15-11-16(13-19-12-15)23-7-9-24(10-8-23)18-20-5-4-6-21-18/h4-6,11-14H,3,7-10H2,1-2H3,(H,22,25). The van der Waals surface area contributed by atoms with E-state index in [1.54, 1.807) is 18.6 Å². The number of amides is 1. The summed E-state index contributed by atoms with van der Waals surface area (Å²) in [6.45, 7) is 7.42. The van der Waals surface area contributed by atoms with Gasteiger partial charge in [-0.1, -0.05) is 6.92 Å². The maximum absolute atomic E-state index is 12.3. The first-order valence-corrected chi connectivity index (χ1v) is 8.70. The third-order valence-electron chi connectivity index (χ3n) is 4.46.